The van der Waals surface area contributed by atoms with Crippen LogP contribution in [0.5, 0.6) is 0 Å². The van der Waals surface area contributed by atoms with Gasteiger partial charge in [0.15, 0.2) is 0 Å². The van der Waals surface area contributed by atoms with Crippen LogP contribution in [-0.2, 0) is 4.74 Å². The summed E-state index contributed by atoms with van der Waals surface area (Å²) in [6.07, 6.45) is 2.47. The molecular formula is C11H20N6O. The van der Waals surface area contributed by atoms with E-state index in [0.29, 0.717) is 11.9 Å². The Bertz CT molecular complexity index is 405. The average Bonchev–Trinajstić information content (AvgIpc) is 2.80. The van der Waals surface area contributed by atoms with E-state index in [1.54, 1.807) is 4.90 Å². The van der Waals surface area contributed by atoms with Gasteiger partial charge in [0.2, 0.25) is 17.8 Å². The maximum absolute atomic E-state index is 5.70. The second-order valence-corrected chi connectivity index (χ2v) is 4.70. The highest BCUT2D eigenvalue weighted by Crippen LogP contribution is 2.17. The predicted molar refractivity (Wildman–Crippen MR) is 70.8 cm³/mol. The van der Waals surface area contributed by atoms with Gasteiger partial charge in [-0.1, -0.05) is 0 Å². The van der Waals surface area contributed by atoms with Crippen molar-refractivity contribution in [2.45, 2.75) is 18.9 Å². The topological polar surface area (TPSA) is 80.4 Å². The zero-order valence-electron chi connectivity index (χ0n) is 11.1. The maximum atomic E-state index is 5.70. The van der Waals surface area contributed by atoms with Crippen molar-refractivity contribution in [2.75, 3.05) is 49.8 Å². The van der Waals surface area contributed by atoms with Crippen molar-refractivity contribution in [3.05, 3.63) is 0 Å². The fourth-order valence-corrected chi connectivity index (χ4v) is 1.92. The van der Waals surface area contributed by atoms with Crippen molar-refractivity contribution >= 4 is 17.8 Å². The van der Waals surface area contributed by atoms with Gasteiger partial charge >= 0.3 is 0 Å². The highest BCUT2D eigenvalue weighted by Gasteiger charge is 2.19. The van der Waals surface area contributed by atoms with E-state index in [0.717, 1.165) is 26.0 Å². The highest BCUT2D eigenvalue weighted by atomic mass is 16.5. The average molecular weight is 252 g/mol. The number of nitrogen functional groups attached to an aromatic ring is 1. The maximum Gasteiger partial charge on any atom is 0.231 e. The third-order valence-corrected chi connectivity index (χ3v) is 2.87. The SMILES string of the molecule is CN(C)c1nc(N)nc(N(C)CC2CCCO2)n1. The molecule has 2 heterocycles. The van der Waals surface area contributed by atoms with E-state index in [2.05, 4.69) is 15.0 Å². The first-order valence-electron chi connectivity index (χ1n) is 6.08. The normalized spacial score (nSPS) is 18.9. The molecule has 1 aliphatic rings. The summed E-state index contributed by atoms with van der Waals surface area (Å²) in [5.41, 5.74) is 5.70. The number of aromatic nitrogens is 3. The third kappa shape index (κ3) is 2.98. The lowest BCUT2D eigenvalue weighted by atomic mass is 10.2. The van der Waals surface area contributed by atoms with Gasteiger partial charge in [0.25, 0.3) is 0 Å². The van der Waals surface area contributed by atoms with Gasteiger partial charge in [-0.2, -0.15) is 15.0 Å². The molecule has 1 aromatic heterocycles. The lowest BCUT2D eigenvalue weighted by Crippen LogP contribution is -2.30. The van der Waals surface area contributed by atoms with Gasteiger partial charge in [-0.25, -0.2) is 0 Å². The second kappa shape index (κ2) is 5.34. The molecule has 2 rings (SSSR count). The van der Waals surface area contributed by atoms with E-state index in [4.69, 9.17) is 10.5 Å². The van der Waals surface area contributed by atoms with E-state index in [-0.39, 0.29) is 12.1 Å². The smallest absolute Gasteiger partial charge is 0.231 e. The Hall–Kier alpha value is -1.63. The van der Waals surface area contributed by atoms with Crippen LogP contribution in [0, 0.1) is 0 Å². The minimum absolute atomic E-state index is 0.239. The summed E-state index contributed by atoms with van der Waals surface area (Å²) in [6, 6.07) is 0. The quantitative estimate of drug-likeness (QED) is 0.816. The highest BCUT2D eigenvalue weighted by molar-refractivity contribution is 5.42. The fraction of sp³-hybridized carbons (Fsp3) is 0.727. The van der Waals surface area contributed by atoms with Crippen LogP contribution < -0.4 is 15.5 Å². The minimum atomic E-state index is 0.239. The molecule has 7 nitrogen and oxygen atoms in total. The van der Waals surface area contributed by atoms with Crippen LogP contribution in [0.25, 0.3) is 0 Å². The van der Waals surface area contributed by atoms with Crippen molar-refractivity contribution < 1.29 is 4.74 Å². The summed E-state index contributed by atoms with van der Waals surface area (Å²) in [7, 11) is 5.69. The first-order valence-corrected chi connectivity index (χ1v) is 6.08. The lowest BCUT2D eigenvalue weighted by molar-refractivity contribution is 0.116. The second-order valence-electron chi connectivity index (χ2n) is 4.70. The molecule has 0 bridgehead atoms. The molecule has 1 saturated heterocycles. The summed E-state index contributed by atoms with van der Waals surface area (Å²) in [5.74, 6) is 1.39. The summed E-state index contributed by atoms with van der Waals surface area (Å²) in [5, 5.41) is 0. The van der Waals surface area contributed by atoms with Gasteiger partial charge in [0, 0.05) is 34.3 Å². The fourth-order valence-electron chi connectivity index (χ4n) is 1.92. The van der Waals surface area contributed by atoms with Crippen LogP contribution in [0.15, 0.2) is 0 Å². The van der Waals surface area contributed by atoms with E-state index in [9.17, 15) is 0 Å². The first kappa shape index (κ1) is 12.8. The predicted octanol–water partition coefficient (Wildman–Crippen LogP) is 0.135. The van der Waals surface area contributed by atoms with Gasteiger partial charge < -0.3 is 20.3 Å². The molecule has 1 aromatic rings. The summed E-state index contributed by atoms with van der Waals surface area (Å²) >= 11 is 0. The molecule has 0 aromatic carbocycles. The summed E-state index contributed by atoms with van der Waals surface area (Å²) < 4.78 is 5.60. The zero-order valence-corrected chi connectivity index (χ0v) is 11.1. The van der Waals surface area contributed by atoms with E-state index in [1.165, 1.54) is 0 Å². The number of likely N-dealkylation sites (N-methyl/N-ethyl adjacent to an activating group) is 1. The summed E-state index contributed by atoms with van der Waals surface area (Å²) in [6.45, 7) is 1.62. The molecule has 0 radical (unpaired) electrons. The number of hydrogen-bond donors (Lipinski definition) is 1. The lowest BCUT2D eigenvalue weighted by Gasteiger charge is -2.21. The molecule has 0 amide bonds. The van der Waals surface area contributed by atoms with E-state index in [1.807, 2.05) is 26.0 Å². The molecule has 0 spiro atoms. The monoisotopic (exact) mass is 252 g/mol. The molecule has 0 saturated carbocycles. The van der Waals surface area contributed by atoms with E-state index >= 15 is 0 Å². The van der Waals surface area contributed by atoms with Crippen LogP contribution >= 0.6 is 0 Å². The van der Waals surface area contributed by atoms with Gasteiger partial charge in [-0.05, 0) is 12.8 Å². The van der Waals surface area contributed by atoms with Gasteiger partial charge in [0.05, 0.1) is 6.10 Å². The first-order chi connectivity index (χ1) is 8.56. The van der Waals surface area contributed by atoms with Crippen LogP contribution in [0.1, 0.15) is 12.8 Å². The third-order valence-electron chi connectivity index (χ3n) is 2.87. The molecule has 1 unspecified atom stereocenters. The zero-order chi connectivity index (χ0) is 13.1. The molecular weight excluding hydrogens is 232 g/mol. The Labute approximate surface area is 107 Å². The molecule has 7 heteroatoms. The van der Waals surface area contributed by atoms with Gasteiger partial charge in [0.1, 0.15) is 0 Å². The van der Waals surface area contributed by atoms with E-state index < -0.39 is 0 Å². The van der Waals surface area contributed by atoms with Crippen molar-refractivity contribution in [2.24, 2.45) is 0 Å². The standard InChI is InChI=1S/C11H20N6O/c1-16(2)10-13-9(12)14-11(15-10)17(3)7-8-5-4-6-18-8/h8H,4-7H2,1-3H3,(H2,12,13,14,15). The molecule has 18 heavy (non-hydrogen) atoms. The van der Waals surface area contributed by atoms with Gasteiger partial charge in [-0.3, -0.25) is 0 Å². The Morgan fingerprint density at radius 3 is 2.56 bits per heavy atom. The van der Waals surface area contributed by atoms with Crippen LogP contribution in [0.4, 0.5) is 17.8 Å². The number of anilines is 3. The number of nitrogens with zero attached hydrogens (tertiary/aromatic N) is 5. The Morgan fingerprint density at radius 2 is 1.94 bits per heavy atom. The van der Waals surface area contributed by atoms with Crippen LogP contribution in [0.2, 0.25) is 0 Å². The Kier molecular flexibility index (Phi) is 3.81. The Balaban J connectivity index is 2.10. The van der Waals surface area contributed by atoms with Crippen LogP contribution in [-0.4, -0.2) is 55.4 Å². The van der Waals surface area contributed by atoms with Gasteiger partial charge in [-0.15, -0.1) is 0 Å². The molecule has 0 aliphatic carbocycles. The Morgan fingerprint density at radius 1 is 1.22 bits per heavy atom. The van der Waals surface area contributed by atoms with Crippen molar-refractivity contribution in [3.8, 4) is 0 Å². The number of nitrogens with two attached hydrogens (primary N) is 1. The molecule has 100 valence electrons. The number of rotatable bonds is 4. The van der Waals surface area contributed by atoms with Crippen molar-refractivity contribution in [3.63, 3.8) is 0 Å². The van der Waals surface area contributed by atoms with Crippen LogP contribution in [0.3, 0.4) is 0 Å². The molecule has 1 fully saturated rings. The largest absolute Gasteiger partial charge is 0.376 e. The minimum Gasteiger partial charge on any atom is -0.376 e. The summed E-state index contributed by atoms with van der Waals surface area (Å²) in [4.78, 5) is 16.4. The van der Waals surface area contributed by atoms with Crippen molar-refractivity contribution in [1.82, 2.24) is 15.0 Å². The van der Waals surface area contributed by atoms with Crippen molar-refractivity contribution in [1.29, 1.82) is 0 Å². The molecule has 2 N–H and O–H groups in total. The molecule has 1 atom stereocenters. The molecule has 1 aliphatic heterocycles. The number of hydrogen-bond acceptors (Lipinski definition) is 7. The number of ether oxygens (including phenoxy) is 1.